The first-order valence-electron chi connectivity index (χ1n) is 15.2. The molecule has 3 heteroatoms. The van der Waals surface area contributed by atoms with E-state index >= 15 is 0 Å². The average molecular weight is 700 g/mol. The molecular formula is C38H38O2Yb+2. The van der Waals surface area contributed by atoms with Crippen LogP contribution in [0.2, 0.25) is 0 Å². The summed E-state index contributed by atoms with van der Waals surface area (Å²) < 4.78 is 11.9. The van der Waals surface area contributed by atoms with Crippen molar-refractivity contribution in [1.29, 1.82) is 0 Å². The molecule has 0 aromatic carbocycles. The Labute approximate surface area is 287 Å². The molecule has 2 saturated carbocycles. The average Bonchev–Trinajstić information content (AvgIpc) is 3.52. The second-order valence-electron chi connectivity index (χ2n) is 11.5. The molecule has 6 aliphatic carbocycles. The molecule has 0 bridgehead atoms. The van der Waals surface area contributed by atoms with Crippen molar-refractivity contribution in [3.63, 3.8) is 0 Å². The Morgan fingerprint density at radius 1 is 0.415 bits per heavy atom. The van der Waals surface area contributed by atoms with Crippen LogP contribution in [0.4, 0.5) is 0 Å². The van der Waals surface area contributed by atoms with E-state index in [9.17, 15) is 0 Å². The molecule has 0 aromatic rings. The Morgan fingerprint density at radius 2 is 0.707 bits per heavy atom. The second kappa shape index (κ2) is 14.4. The van der Waals surface area contributed by atoms with E-state index in [2.05, 4.69) is 97.2 Å². The van der Waals surface area contributed by atoms with Gasteiger partial charge in [-0.2, -0.15) is 0 Å². The summed E-state index contributed by atoms with van der Waals surface area (Å²) in [6, 6.07) is 0. The van der Waals surface area contributed by atoms with Crippen LogP contribution in [0.5, 0.6) is 0 Å². The molecule has 2 unspecified atom stereocenters. The van der Waals surface area contributed by atoms with Crippen molar-refractivity contribution >= 4 is 0 Å². The fraction of sp³-hybridized carbons (Fsp3) is 0.316. The minimum absolute atomic E-state index is 0. The van der Waals surface area contributed by atoms with E-state index in [1.807, 2.05) is 0 Å². The Bertz CT molecular complexity index is 955. The van der Waals surface area contributed by atoms with Crippen LogP contribution in [-0.2, 0) is 9.47 Å². The Kier molecular flexibility index (Phi) is 10.7. The summed E-state index contributed by atoms with van der Waals surface area (Å²) in [6.45, 7) is 1.86. The first-order valence-corrected chi connectivity index (χ1v) is 15.2. The van der Waals surface area contributed by atoms with Crippen LogP contribution < -0.4 is 0 Å². The van der Waals surface area contributed by atoms with Gasteiger partial charge in [-0.25, -0.2) is 0 Å². The third-order valence-corrected chi connectivity index (χ3v) is 9.00. The predicted molar refractivity (Wildman–Crippen MR) is 162 cm³/mol. The second-order valence-corrected chi connectivity index (χ2v) is 11.5. The van der Waals surface area contributed by atoms with Gasteiger partial charge in [-0.1, -0.05) is 97.2 Å². The Hall–Kier alpha value is -0.641. The largest absolute Gasteiger partial charge is 2.00 e. The Morgan fingerprint density at radius 3 is 0.976 bits per heavy atom. The minimum Gasteiger partial charge on any atom is -0.378 e. The summed E-state index contributed by atoms with van der Waals surface area (Å²) in [7, 11) is 0. The quantitative estimate of drug-likeness (QED) is 0.295. The normalized spacial score (nSPS) is 31.1. The van der Waals surface area contributed by atoms with Crippen LogP contribution >= 0.6 is 0 Å². The first kappa shape index (κ1) is 30.4. The van der Waals surface area contributed by atoms with Crippen LogP contribution in [0.15, 0.2) is 97.2 Å². The van der Waals surface area contributed by atoms with Gasteiger partial charge < -0.3 is 9.47 Å². The fourth-order valence-corrected chi connectivity index (χ4v) is 7.05. The van der Waals surface area contributed by atoms with Gasteiger partial charge in [0.15, 0.2) is 0 Å². The van der Waals surface area contributed by atoms with Crippen molar-refractivity contribution in [2.45, 2.75) is 63.6 Å². The SMILES string of the molecule is C1=C[C]2[C]3C=CC=C[C]3[C](CC3CCCCO3)[C]2C=C1.C1=C[C]2[C]3C=CC=C[C]3[C](CC3CCCCO3)[C]2C=C1.[Yb+2]. The van der Waals surface area contributed by atoms with Gasteiger partial charge in [-0.3, -0.25) is 0 Å². The monoisotopic (exact) mass is 700 g/mol. The van der Waals surface area contributed by atoms with Crippen molar-refractivity contribution in [2.75, 3.05) is 13.2 Å². The van der Waals surface area contributed by atoms with Crippen LogP contribution in [0, 0.1) is 106 Å². The van der Waals surface area contributed by atoms with E-state index in [0.29, 0.717) is 12.2 Å². The van der Waals surface area contributed by atoms with E-state index in [1.165, 1.54) is 97.7 Å². The van der Waals surface area contributed by atoms with Crippen LogP contribution in [-0.4, -0.2) is 25.4 Å². The molecule has 2 aliphatic heterocycles. The number of hydrogen-bond donors (Lipinski definition) is 0. The molecular weight excluding hydrogens is 661 g/mol. The standard InChI is InChI=1S/2C19H19O.Yb/c2*1-3-10-17-15(8-1)16-9-2-4-11-18(16)19(17)13-14-7-5-6-12-20-14;/h2*1-4,8-11,14H,5-7,12-13H2;/q;;+2. The van der Waals surface area contributed by atoms with Gasteiger partial charge in [0.05, 0.1) is 12.2 Å². The molecule has 0 aromatic heterocycles. The minimum atomic E-state index is 0. The van der Waals surface area contributed by atoms with Gasteiger partial charge in [0, 0.05) is 72.4 Å². The van der Waals surface area contributed by atoms with Crippen molar-refractivity contribution in [1.82, 2.24) is 0 Å². The van der Waals surface area contributed by atoms with Crippen LogP contribution in [0.1, 0.15) is 51.4 Å². The maximum absolute atomic E-state index is 5.95. The third kappa shape index (κ3) is 6.58. The molecule has 0 N–H and O–H groups in total. The van der Waals surface area contributed by atoms with Crippen molar-refractivity contribution in [3.8, 4) is 0 Å². The smallest absolute Gasteiger partial charge is 0.378 e. The molecule has 214 valence electrons. The van der Waals surface area contributed by atoms with E-state index in [0.717, 1.165) is 26.1 Å². The summed E-state index contributed by atoms with van der Waals surface area (Å²) in [6.07, 6.45) is 45.5. The van der Waals surface area contributed by atoms with Crippen molar-refractivity contribution in [2.24, 2.45) is 0 Å². The topological polar surface area (TPSA) is 18.5 Å². The predicted octanol–water partition coefficient (Wildman–Crippen LogP) is 8.17. The van der Waals surface area contributed by atoms with E-state index in [1.54, 1.807) is 0 Å². The van der Waals surface area contributed by atoms with Gasteiger partial charge in [0.2, 0.25) is 0 Å². The molecule has 8 aliphatic rings. The molecule has 2 nitrogen and oxygen atoms in total. The maximum Gasteiger partial charge on any atom is 2.00 e. The van der Waals surface area contributed by atoms with E-state index < -0.39 is 0 Å². The number of rotatable bonds is 4. The van der Waals surface area contributed by atoms with E-state index in [4.69, 9.17) is 9.47 Å². The number of fused-ring (bicyclic) bond motifs is 6. The van der Waals surface area contributed by atoms with Crippen LogP contribution in [0.3, 0.4) is 0 Å². The summed E-state index contributed by atoms with van der Waals surface area (Å²) in [5, 5.41) is 0. The molecule has 0 amide bonds. The fourth-order valence-electron chi connectivity index (χ4n) is 7.05. The number of hydrogen-bond acceptors (Lipinski definition) is 2. The summed E-state index contributed by atoms with van der Waals surface area (Å²) in [4.78, 5) is 0. The van der Waals surface area contributed by atoms with Crippen LogP contribution in [0.25, 0.3) is 0 Å². The summed E-state index contributed by atoms with van der Waals surface area (Å²) >= 11 is 0. The van der Waals surface area contributed by atoms with Gasteiger partial charge in [0.25, 0.3) is 0 Å². The van der Waals surface area contributed by atoms with E-state index in [-0.39, 0.29) is 46.9 Å². The molecule has 4 fully saturated rings. The molecule has 2 heterocycles. The van der Waals surface area contributed by atoms with Gasteiger partial charge in [-0.15, -0.1) is 0 Å². The number of allylic oxidation sites excluding steroid dienone is 16. The molecule has 8 rings (SSSR count). The van der Waals surface area contributed by atoms with Gasteiger partial charge in [-0.05, 0) is 51.4 Å². The molecule has 0 spiro atoms. The zero-order valence-electron chi connectivity index (χ0n) is 23.5. The van der Waals surface area contributed by atoms with Crippen molar-refractivity contribution in [3.05, 3.63) is 156 Å². The zero-order chi connectivity index (χ0) is 26.7. The molecule has 41 heavy (non-hydrogen) atoms. The summed E-state index contributed by atoms with van der Waals surface area (Å²) in [5.41, 5.74) is 0. The molecule has 2 saturated heterocycles. The number of ether oxygens (including phenoxy) is 2. The summed E-state index contributed by atoms with van der Waals surface area (Å²) in [5.74, 6) is 14.1. The third-order valence-electron chi connectivity index (χ3n) is 9.00. The first-order chi connectivity index (χ1) is 19.9. The van der Waals surface area contributed by atoms with Gasteiger partial charge >= 0.3 is 46.9 Å². The maximum atomic E-state index is 5.95. The Balaban J connectivity index is 0.000000144. The zero-order valence-corrected chi connectivity index (χ0v) is 25.3. The van der Waals surface area contributed by atoms with Gasteiger partial charge in [0.1, 0.15) is 0 Å². The van der Waals surface area contributed by atoms with Crippen molar-refractivity contribution < 1.29 is 56.4 Å². The molecule has 10 radical (unpaired) electrons. The molecule has 2 atom stereocenters.